The van der Waals surface area contributed by atoms with E-state index in [1.165, 1.54) is 0 Å². The number of rotatable bonds is 5. The van der Waals surface area contributed by atoms with Crippen LogP contribution in [0, 0.1) is 3.57 Å². The lowest BCUT2D eigenvalue weighted by Crippen LogP contribution is -2.24. The maximum Gasteiger partial charge on any atom is 0.251 e. The minimum Gasteiger partial charge on any atom is -0.352 e. The van der Waals surface area contributed by atoms with E-state index in [2.05, 4.69) is 27.9 Å². The Bertz CT molecular complexity index is 335. The standard InChI is InChI=1S/C11H12INO2/c12-10-5-3-9(4-6-10)11(15)13-7-1-2-8-14/h3-6,8H,1-2,7H2,(H,13,15)/i12-2. The Balaban J connectivity index is 2.40. The number of amides is 1. The van der Waals surface area contributed by atoms with Crippen LogP contribution < -0.4 is 5.32 Å². The van der Waals surface area contributed by atoms with Crippen molar-refractivity contribution in [3.63, 3.8) is 0 Å². The molecule has 0 aliphatic rings. The fraction of sp³-hybridized carbons (Fsp3) is 0.273. The summed E-state index contributed by atoms with van der Waals surface area (Å²) in [6, 6.07) is 7.36. The summed E-state index contributed by atoms with van der Waals surface area (Å²) in [7, 11) is 0. The van der Waals surface area contributed by atoms with Gasteiger partial charge < -0.3 is 10.1 Å². The number of halogens is 1. The molecular formula is C11H12INO2. The molecule has 1 aromatic rings. The Labute approximate surface area is 102 Å². The van der Waals surface area contributed by atoms with Gasteiger partial charge in [-0.1, -0.05) is 0 Å². The van der Waals surface area contributed by atoms with Gasteiger partial charge in [-0.3, -0.25) is 4.79 Å². The van der Waals surface area contributed by atoms with Gasteiger partial charge in [-0.25, -0.2) is 0 Å². The van der Waals surface area contributed by atoms with E-state index >= 15 is 0 Å². The predicted molar refractivity (Wildman–Crippen MR) is 66.8 cm³/mol. The fourth-order valence-corrected chi connectivity index (χ4v) is 1.45. The quantitative estimate of drug-likeness (QED) is 0.513. The summed E-state index contributed by atoms with van der Waals surface area (Å²) in [5.41, 5.74) is 0.654. The predicted octanol–water partition coefficient (Wildman–Crippen LogP) is 2.00. The first-order chi connectivity index (χ1) is 7.24. The van der Waals surface area contributed by atoms with E-state index in [9.17, 15) is 9.59 Å². The van der Waals surface area contributed by atoms with Crippen LogP contribution in [0.3, 0.4) is 0 Å². The van der Waals surface area contributed by atoms with Gasteiger partial charge in [0.15, 0.2) is 0 Å². The number of hydrogen-bond donors (Lipinski definition) is 1. The molecule has 0 atom stereocenters. The molecule has 0 aliphatic heterocycles. The lowest BCUT2D eigenvalue weighted by atomic mass is 10.2. The summed E-state index contributed by atoms with van der Waals surface area (Å²) in [4.78, 5) is 21.6. The third-order valence-electron chi connectivity index (χ3n) is 1.89. The number of unbranched alkanes of at least 4 members (excludes halogenated alkanes) is 1. The van der Waals surface area contributed by atoms with E-state index in [0.29, 0.717) is 24.9 Å². The highest BCUT2D eigenvalue weighted by Gasteiger charge is 2.03. The van der Waals surface area contributed by atoms with Crippen LogP contribution in [0.1, 0.15) is 23.2 Å². The van der Waals surface area contributed by atoms with Crippen LogP contribution >= 0.6 is 22.6 Å². The van der Waals surface area contributed by atoms with Crippen LogP contribution in [-0.2, 0) is 4.79 Å². The average molecular weight is 315 g/mol. The summed E-state index contributed by atoms with van der Waals surface area (Å²) >= 11 is 2.19. The largest absolute Gasteiger partial charge is 0.352 e. The molecule has 1 rings (SSSR count). The van der Waals surface area contributed by atoms with E-state index < -0.39 is 0 Å². The number of benzene rings is 1. The summed E-state index contributed by atoms with van der Waals surface area (Å²) in [6.45, 7) is 0.545. The molecule has 0 bridgehead atoms. The van der Waals surface area contributed by atoms with Gasteiger partial charge in [0, 0.05) is 22.1 Å². The Morgan fingerprint density at radius 3 is 2.60 bits per heavy atom. The maximum absolute atomic E-state index is 11.5. The molecule has 0 saturated carbocycles. The summed E-state index contributed by atoms with van der Waals surface area (Å²) in [5.74, 6) is -0.0858. The van der Waals surface area contributed by atoms with Crippen LogP contribution in [0.5, 0.6) is 0 Å². The van der Waals surface area contributed by atoms with E-state index in [1.54, 1.807) is 12.1 Å². The zero-order valence-electron chi connectivity index (χ0n) is 8.20. The third-order valence-corrected chi connectivity index (χ3v) is 2.61. The van der Waals surface area contributed by atoms with Crippen LogP contribution in [0.15, 0.2) is 24.3 Å². The molecule has 3 nitrogen and oxygen atoms in total. The highest BCUT2D eigenvalue weighted by Crippen LogP contribution is 2.06. The van der Waals surface area contributed by atoms with E-state index in [-0.39, 0.29) is 5.91 Å². The molecule has 1 amide bonds. The first kappa shape index (κ1) is 12.2. The number of carbonyl (C=O) groups excluding carboxylic acids is 2. The highest BCUT2D eigenvalue weighted by molar-refractivity contribution is 14.1. The van der Waals surface area contributed by atoms with E-state index in [4.69, 9.17) is 0 Å². The molecule has 4 heteroatoms. The second kappa shape index (κ2) is 6.55. The van der Waals surface area contributed by atoms with Crippen LogP contribution in [0.2, 0.25) is 0 Å². The lowest BCUT2D eigenvalue weighted by Gasteiger charge is -2.03. The molecule has 0 spiro atoms. The molecule has 1 N–H and O–H groups in total. The molecule has 1 aromatic carbocycles. The zero-order chi connectivity index (χ0) is 11.1. The number of nitrogens with one attached hydrogen (secondary N) is 1. The number of aldehydes is 1. The topological polar surface area (TPSA) is 46.2 Å². The second-order valence-electron chi connectivity index (χ2n) is 3.07. The lowest BCUT2D eigenvalue weighted by molar-refractivity contribution is -0.107. The van der Waals surface area contributed by atoms with Crippen molar-refractivity contribution in [2.75, 3.05) is 6.54 Å². The first-order valence-electron chi connectivity index (χ1n) is 4.71. The Morgan fingerprint density at radius 1 is 1.33 bits per heavy atom. The molecule has 0 unspecified atom stereocenters. The minimum absolute atomic E-state index is 0.0858. The molecule has 0 aliphatic carbocycles. The van der Waals surface area contributed by atoms with Crippen molar-refractivity contribution in [2.24, 2.45) is 0 Å². The van der Waals surface area contributed by atoms with Crippen LogP contribution in [0.25, 0.3) is 0 Å². The molecule has 0 fully saturated rings. The number of hydrogen-bond acceptors (Lipinski definition) is 2. The monoisotopic (exact) mass is 315 g/mol. The molecule has 0 heterocycles. The Morgan fingerprint density at radius 2 is 2.00 bits per heavy atom. The average Bonchev–Trinajstić information content (AvgIpc) is 2.25. The minimum atomic E-state index is -0.0858. The van der Waals surface area contributed by atoms with Crippen molar-refractivity contribution in [1.82, 2.24) is 5.32 Å². The zero-order valence-corrected chi connectivity index (χ0v) is 10.4. The van der Waals surface area contributed by atoms with Crippen molar-refractivity contribution in [1.29, 1.82) is 0 Å². The molecule has 0 radical (unpaired) electrons. The van der Waals surface area contributed by atoms with Crippen molar-refractivity contribution in [2.45, 2.75) is 12.8 Å². The van der Waals surface area contributed by atoms with Crippen molar-refractivity contribution in [3.8, 4) is 0 Å². The molecule has 0 aromatic heterocycles. The summed E-state index contributed by atoms with van der Waals surface area (Å²) in [5, 5.41) is 2.75. The number of carbonyl (C=O) groups is 2. The van der Waals surface area contributed by atoms with Gasteiger partial charge in [0.2, 0.25) is 0 Å². The van der Waals surface area contributed by atoms with Gasteiger partial charge in [-0.2, -0.15) is 0 Å². The van der Waals surface area contributed by atoms with Crippen LogP contribution in [-0.4, -0.2) is 18.7 Å². The molecule has 15 heavy (non-hydrogen) atoms. The van der Waals surface area contributed by atoms with Gasteiger partial charge in [0.1, 0.15) is 6.29 Å². The van der Waals surface area contributed by atoms with Crippen molar-refractivity contribution < 1.29 is 9.59 Å². The first-order valence-corrected chi connectivity index (χ1v) is 5.79. The summed E-state index contributed by atoms with van der Waals surface area (Å²) < 4.78 is 1.10. The maximum atomic E-state index is 11.5. The van der Waals surface area contributed by atoms with E-state index in [0.717, 1.165) is 9.86 Å². The SMILES string of the molecule is O=CCCCNC(=O)c1ccc([125I])cc1. The molecule has 80 valence electrons. The third kappa shape index (κ3) is 4.42. The van der Waals surface area contributed by atoms with Gasteiger partial charge >= 0.3 is 0 Å². The summed E-state index contributed by atoms with van der Waals surface area (Å²) in [6.07, 6.45) is 2.05. The smallest absolute Gasteiger partial charge is 0.251 e. The van der Waals surface area contributed by atoms with Gasteiger partial charge in [0.25, 0.3) is 5.91 Å². The van der Waals surface area contributed by atoms with Gasteiger partial charge in [0.05, 0.1) is 0 Å². The molecular weight excluding hydrogens is 303 g/mol. The fourth-order valence-electron chi connectivity index (χ4n) is 1.09. The van der Waals surface area contributed by atoms with Crippen molar-refractivity contribution in [3.05, 3.63) is 33.4 Å². The highest BCUT2D eigenvalue weighted by atomic mass is 125. The van der Waals surface area contributed by atoms with Crippen LogP contribution in [0.4, 0.5) is 0 Å². The van der Waals surface area contributed by atoms with Gasteiger partial charge in [-0.05, 0) is 53.3 Å². The second-order valence-corrected chi connectivity index (χ2v) is 4.32. The Hall–Kier alpha value is -0.910. The van der Waals surface area contributed by atoms with Gasteiger partial charge in [-0.15, -0.1) is 0 Å². The molecule has 0 saturated heterocycles. The van der Waals surface area contributed by atoms with E-state index in [1.807, 2.05) is 12.1 Å². The normalized spacial score (nSPS) is 9.67. The Kier molecular flexibility index (Phi) is 5.31. The van der Waals surface area contributed by atoms with Crippen molar-refractivity contribution >= 4 is 34.8 Å².